The lowest BCUT2D eigenvalue weighted by Crippen LogP contribution is -2.05. The Morgan fingerprint density at radius 1 is 1.75 bits per heavy atom. The first-order valence-electron chi connectivity index (χ1n) is 3.67. The Kier molecular flexibility index (Phi) is 2.38. The molecule has 2 N–H and O–H groups in total. The van der Waals surface area contributed by atoms with Gasteiger partial charge in [-0.15, -0.1) is 0 Å². The van der Waals surface area contributed by atoms with Crippen LogP contribution in [0.5, 0.6) is 0 Å². The summed E-state index contributed by atoms with van der Waals surface area (Å²) in [5.74, 6) is -0.419. The smallest absolute Gasteiger partial charge is 0.376 e. The van der Waals surface area contributed by atoms with Crippen molar-refractivity contribution in [2.24, 2.45) is 0 Å². The molecular weight excluding hydrogens is 158 g/mol. The number of rotatable bonds is 2. The minimum Gasteiger partial charge on any atom is -0.460 e. The van der Waals surface area contributed by atoms with Gasteiger partial charge in [-0.2, -0.15) is 0 Å². The number of hydrogen-bond donors (Lipinski definition) is 1. The fourth-order valence-corrected chi connectivity index (χ4v) is 0.808. The van der Waals surface area contributed by atoms with Crippen LogP contribution >= 0.6 is 0 Å². The van der Waals surface area contributed by atoms with Crippen LogP contribution in [-0.2, 0) is 4.74 Å². The van der Waals surface area contributed by atoms with Crippen molar-refractivity contribution in [3.63, 3.8) is 0 Å². The van der Waals surface area contributed by atoms with Gasteiger partial charge in [0, 0.05) is 5.56 Å². The molecular formula is C8H11NO3. The molecule has 0 fully saturated rings. The van der Waals surface area contributed by atoms with Gasteiger partial charge in [0.15, 0.2) is 0 Å². The molecule has 1 aromatic heterocycles. The number of nitrogens with two attached hydrogens (primary N) is 1. The molecule has 0 aromatic carbocycles. The first-order valence-corrected chi connectivity index (χ1v) is 3.67. The van der Waals surface area contributed by atoms with Crippen LogP contribution in [0, 0.1) is 6.92 Å². The summed E-state index contributed by atoms with van der Waals surface area (Å²) < 4.78 is 9.62. The van der Waals surface area contributed by atoms with Gasteiger partial charge in [-0.05, 0) is 13.8 Å². The fourth-order valence-electron chi connectivity index (χ4n) is 0.808. The summed E-state index contributed by atoms with van der Waals surface area (Å²) in [4.78, 5) is 11.1. The van der Waals surface area contributed by atoms with E-state index in [-0.39, 0.29) is 5.76 Å². The van der Waals surface area contributed by atoms with Gasteiger partial charge in [-0.1, -0.05) is 0 Å². The maximum atomic E-state index is 11.1. The predicted molar refractivity (Wildman–Crippen MR) is 43.8 cm³/mol. The van der Waals surface area contributed by atoms with Crippen molar-refractivity contribution in [2.75, 3.05) is 12.3 Å². The Balaban J connectivity index is 2.88. The summed E-state index contributed by atoms with van der Waals surface area (Å²) in [6, 6.07) is 0. The van der Waals surface area contributed by atoms with Crippen LogP contribution in [0.2, 0.25) is 0 Å². The molecule has 0 unspecified atom stereocenters. The minimum absolute atomic E-state index is 0.0920. The normalized spacial score (nSPS) is 9.83. The van der Waals surface area contributed by atoms with E-state index in [2.05, 4.69) is 0 Å². The summed E-state index contributed by atoms with van der Waals surface area (Å²) >= 11 is 0. The molecule has 0 amide bonds. The number of carbonyl (C=O) groups is 1. The highest BCUT2D eigenvalue weighted by Gasteiger charge is 2.16. The van der Waals surface area contributed by atoms with E-state index in [1.807, 2.05) is 0 Å². The molecule has 66 valence electrons. The molecule has 0 radical (unpaired) electrons. The van der Waals surface area contributed by atoms with Crippen molar-refractivity contribution in [1.82, 2.24) is 0 Å². The van der Waals surface area contributed by atoms with Crippen LogP contribution in [0.15, 0.2) is 10.7 Å². The zero-order valence-corrected chi connectivity index (χ0v) is 7.09. The molecule has 1 rings (SSSR count). The van der Waals surface area contributed by atoms with E-state index in [1.165, 1.54) is 6.26 Å². The second-order valence-corrected chi connectivity index (χ2v) is 2.38. The SMILES string of the molecule is CCOC(=O)c1occ(C)c1N. The van der Waals surface area contributed by atoms with Crippen LogP contribution in [0.4, 0.5) is 5.69 Å². The average molecular weight is 169 g/mol. The minimum atomic E-state index is -0.511. The molecule has 0 aliphatic heterocycles. The first-order chi connectivity index (χ1) is 5.66. The summed E-state index contributed by atoms with van der Waals surface area (Å²) in [6.07, 6.45) is 1.43. The fraction of sp³-hybridized carbons (Fsp3) is 0.375. The number of furan rings is 1. The van der Waals surface area contributed by atoms with Gasteiger partial charge in [-0.25, -0.2) is 4.79 Å². The topological polar surface area (TPSA) is 65.5 Å². The van der Waals surface area contributed by atoms with Gasteiger partial charge in [-0.3, -0.25) is 0 Å². The van der Waals surface area contributed by atoms with E-state index in [4.69, 9.17) is 14.9 Å². The number of hydrogen-bond acceptors (Lipinski definition) is 4. The molecule has 1 aromatic rings. The predicted octanol–water partition coefficient (Wildman–Crippen LogP) is 1.35. The maximum absolute atomic E-state index is 11.1. The Hall–Kier alpha value is -1.45. The van der Waals surface area contributed by atoms with Crippen molar-refractivity contribution in [2.45, 2.75) is 13.8 Å². The Labute approximate surface area is 70.3 Å². The van der Waals surface area contributed by atoms with Crippen LogP contribution in [-0.4, -0.2) is 12.6 Å². The standard InChI is InChI=1S/C8H11NO3/c1-3-11-8(10)7-6(9)5(2)4-12-7/h4H,3,9H2,1-2H3. The van der Waals surface area contributed by atoms with Gasteiger partial charge < -0.3 is 14.9 Å². The van der Waals surface area contributed by atoms with E-state index in [9.17, 15) is 4.79 Å². The van der Waals surface area contributed by atoms with Crippen molar-refractivity contribution >= 4 is 11.7 Å². The summed E-state index contributed by atoms with van der Waals surface area (Å²) in [6.45, 7) is 3.81. The average Bonchev–Trinajstić information content (AvgIpc) is 2.34. The first kappa shape index (κ1) is 8.64. The van der Waals surface area contributed by atoms with Crippen molar-refractivity contribution < 1.29 is 13.9 Å². The molecule has 0 aliphatic carbocycles. The molecule has 0 bridgehead atoms. The highest BCUT2D eigenvalue weighted by Crippen LogP contribution is 2.19. The lowest BCUT2D eigenvalue weighted by molar-refractivity contribution is 0.0492. The zero-order chi connectivity index (χ0) is 9.14. The monoisotopic (exact) mass is 169 g/mol. The number of ether oxygens (including phenoxy) is 1. The maximum Gasteiger partial charge on any atom is 0.376 e. The quantitative estimate of drug-likeness (QED) is 0.678. The molecule has 4 heteroatoms. The van der Waals surface area contributed by atoms with Crippen molar-refractivity contribution in [1.29, 1.82) is 0 Å². The van der Waals surface area contributed by atoms with Crippen LogP contribution < -0.4 is 5.73 Å². The largest absolute Gasteiger partial charge is 0.460 e. The third kappa shape index (κ3) is 1.42. The van der Waals surface area contributed by atoms with Crippen LogP contribution in [0.3, 0.4) is 0 Å². The number of nitrogen functional groups attached to an aromatic ring is 1. The number of aryl methyl sites for hydroxylation is 1. The third-order valence-corrected chi connectivity index (χ3v) is 1.48. The van der Waals surface area contributed by atoms with Crippen molar-refractivity contribution in [3.05, 3.63) is 17.6 Å². The van der Waals surface area contributed by atoms with Gasteiger partial charge in [0.2, 0.25) is 5.76 Å². The number of anilines is 1. The Morgan fingerprint density at radius 2 is 2.42 bits per heavy atom. The molecule has 0 saturated heterocycles. The van der Waals surface area contributed by atoms with E-state index in [0.29, 0.717) is 12.3 Å². The summed E-state index contributed by atoms with van der Waals surface area (Å²) in [5, 5.41) is 0. The summed E-state index contributed by atoms with van der Waals surface area (Å²) in [7, 11) is 0. The zero-order valence-electron chi connectivity index (χ0n) is 7.09. The van der Waals surface area contributed by atoms with Gasteiger partial charge in [0.05, 0.1) is 18.6 Å². The molecule has 4 nitrogen and oxygen atoms in total. The van der Waals surface area contributed by atoms with Crippen molar-refractivity contribution in [3.8, 4) is 0 Å². The van der Waals surface area contributed by atoms with E-state index in [1.54, 1.807) is 13.8 Å². The van der Waals surface area contributed by atoms with Crippen LogP contribution in [0.1, 0.15) is 23.0 Å². The lowest BCUT2D eigenvalue weighted by atomic mass is 10.3. The highest BCUT2D eigenvalue weighted by molar-refractivity contribution is 5.92. The van der Waals surface area contributed by atoms with Crippen LogP contribution in [0.25, 0.3) is 0 Å². The Morgan fingerprint density at radius 3 is 2.83 bits per heavy atom. The van der Waals surface area contributed by atoms with Gasteiger partial charge >= 0.3 is 5.97 Å². The van der Waals surface area contributed by atoms with Gasteiger partial charge in [0.1, 0.15) is 0 Å². The second kappa shape index (κ2) is 3.30. The number of esters is 1. The molecule has 0 spiro atoms. The molecule has 0 saturated carbocycles. The Bertz CT molecular complexity index is 290. The third-order valence-electron chi connectivity index (χ3n) is 1.48. The molecule has 12 heavy (non-hydrogen) atoms. The highest BCUT2D eigenvalue weighted by atomic mass is 16.5. The van der Waals surface area contributed by atoms with E-state index in [0.717, 1.165) is 5.56 Å². The van der Waals surface area contributed by atoms with E-state index >= 15 is 0 Å². The van der Waals surface area contributed by atoms with E-state index < -0.39 is 5.97 Å². The molecule has 0 atom stereocenters. The summed E-state index contributed by atoms with van der Waals surface area (Å²) in [5.41, 5.74) is 6.64. The molecule has 0 aliphatic rings. The van der Waals surface area contributed by atoms with Gasteiger partial charge in [0.25, 0.3) is 0 Å². The molecule has 1 heterocycles. The second-order valence-electron chi connectivity index (χ2n) is 2.38. The number of carbonyl (C=O) groups excluding carboxylic acids is 1. The lowest BCUT2D eigenvalue weighted by Gasteiger charge is -1.98.